The van der Waals surface area contributed by atoms with Gasteiger partial charge in [0.25, 0.3) is 5.91 Å². The number of benzene rings is 2. The van der Waals surface area contributed by atoms with E-state index in [0.29, 0.717) is 22.2 Å². The molecule has 25 heavy (non-hydrogen) atoms. The number of nitrogens with one attached hydrogen (secondary N) is 3. The molecule has 0 spiro atoms. The monoisotopic (exact) mass is 357 g/mol. The molecule has 2 aromatic rings. The third kappa shape index (κ3) is 3.83. The molecular weight excluding hydrogens is 338 g/mol. The van der Waals surface area contributed by atoms with Crippen LogP contribution in [0.1, 0.15) is 28.4 Å². The van der Waals surface area contributed by atoms with Gasteiger partial charge in [-0.05, 0) is 54.9 Å². The van der Waals surface area contributed by atoms with Crippen LogP contribution in [0.15, 0.2) is 36.4 Å². The van der Waals surface area contributed by atoms with Crippen LogP contribution in [0.4, 0.5) is 5.69 Å². The minimum absolute atomic E-state index is 0.169. The number of amides is 1. The van der Waals surface area contributed by atoms with Gasteiger partial charge in [0.2, 0.25) is 6.79 Å². The fourth-order valence-electron chi connectivity index (χ4n) is 2.57. The number of aryl methyl sites for hydroxylation is 2. The van der Waals surface area contributed by atoms with E-state index in [0.717, 1.165) is 23.2 Å². The van der Waals surface area contributed by atoms with Crippen LogP contribution in [0.25, 0.3) is 0 Å². The lowest BCUT2D eigenvalue weighted by Crippen LogP contribution is -2.43. The van der Waals surface area contributed by atoms with Gasteiger partial charge in [-0.2, -0.15) is 0 Å². The van der Waals surface area contributed by atoms with Crippen LogP contribution in [-0.4, -0.2) is 17.8 Å². The fraction of sp³-hybridized carbons (Fsp3) is 0.222. The third-order valence-electron chi connectivity index (χ3n) is 3.90. The SMILES string of the molecule is CCc1cccc(C)c1NC(=S)NNC(=O)c1ccc2c(c1)OCO2. The van der Waals surface area contributed by atoms with Gasteiger partial charge in [0.1, 0.15) is 0 Å². The number of carbonyl (C=O) groups is 1. The summed E-state index contributed by atoms with van der Waals surface area (Å²) in [5.41, 5.74) is 8.96. The van der Waals surface area contributed by atoms with E-state index in [-0.39, 0.29) is 12.7 Å². The van der Waals surface area contributed by atoms with E-state index in [9.17, 15) is 4.79 Å². The van der Waals surface area contributed by atoms with Gasteiger partial charge in [-0.25, -0.2) is 0 Å². The summed E-state index contributed by atoms with van der Waals surface area (Å²) in [6.45, 7) is 4.26. The lowest BCUT2D eigenvalue weighted by molar-refractivity contribution is 0.0943. The fourth-order valence-corrected chi connectivity index (χ4v) is 2.72. The van der Waals surface area contributed by atoms with Crippen molar-refractivity contribution in [3.63, 3.8) is 0 Å². The van der Waals surface area contributed by atoms with E-state index >= 15 is 0 Å². The van der Waals surface area contributed by atoms with Crippen LogP contribution in [-0.2, 0) is 6.42 Å². The summed E-state index contributed by atoms with van der Waals surface area (Å²) in [5.74, 6) is 0.872. The van der Waals surface area contributed by atoms with Gasteiger partial charge < -0.3 is 14.8 Å². The van der Waals surface area contributed by atoms with E-state index in [1.54, 1.807) is 18.2 Å². The second-order valence-electron chi connectivity index (χ2n) is 5.56. The number of carbonyl (C=O) groups excluding carboxylic acids is 1. The zero-order chi connectivity index (χ0) is 17.8. The minimum atomic E-state index is -0.317. The van der Waals surface area contributed by atoms with Crippen molar-refractivity contribution in [2.24, 2.45) is 0 Å². The maximum absolute atomic E-state index is 12.2. The Bertz CT molecular complexity index is 823. The minimum Gasteiger partial charge on any atom is -0.454 e. The maximum Gasteiger partial charge on any atom is 0.269 e. The Balaban J connectivity index is 1.60. The van der Waals surface area contributed by atoms with Crippen molar-refractivity contribution >= 4 is 28.9 Å². The van der Waals surface area contributed by atoms with Gasteiger partial charge in [-0.1, -0.05) is 25.1 Å². The van der Waals surface area contributed by atoms with Gasteiger partial charge in [0.05, 0.1) is 0 Å². The lowest BCUT2D eigenvalue weighted by Gasteiger charge is -2.16. The van der Waals surface area contributed by atoms with Crippen molar-refractivity contribution < 1.29 is 14.3 Å². The number of hydrogen-bond acceptors (Lipinski definition) is 4. The molecule has 0 saturated carbocycles. The van der Waals surface area contributed by atoms with Gasteiger partial charge in [0.15, 0.2) is 16.6 Å². The van der Waals surface area contributed by atoms with E-state index < -0.39 is 0 Å². The quantitative estimate of drug-likeness (QED) is 0.580. The predicted molar refractivity (Wildman–Crippen MR) is 99.9 cm³/mol. The average molecular weight is 357 g/mol. The standard InChI is InChI=1S/C18H19N3O3S/c1-3-12-6-4-5-11(2)16(12)19-18(25)21-20-17(22)13-7-8-14-15(9-13)24-10-23-14/h4-9H,3,10H2,1-2H3,(H,20,22)(H2,19,21,25). The van der Waals surface area contributed by atoms with E-state index in [1.165, 1.54) is 0 Å². The summed E-state index contributed by atoms with van der Waals surface area (Å²) in [6, 6.07) is 11.1. The molecule has 0 saturated heterocycles. The van der Waals surface area contributed by atoms with E-state index in [1.807, 2.05) is 25.1 Å². The lowest BCUT2D eigenvalue weighted by atomic mass is 10.1. The molecule has 3 rings (SSSR count). The molecule has 1 amide bonds. The molecule has 3 N–H and O–H groups in total. The van der Waals surface area contributed by atoms with Gasteiger partial charge in [-0.3, -0.25) is 15.6 Å². The largest absolute Gasteiger partial charge is 0.454 e. The molecule has 2 aromatic carbocycles. The molecule has 0 unspecified atom stereocenters. The summed E-state index contributed by atoms with van der Waals surface area (Å²) in [7, 11) is 0. The van der Waals surface area contributed by atoms with Crippen LogP contribution in [0.5, 0.6) is 11.5 Å². The molecule has 0 aliphatic carbocycles. The van der Waals surface area contributed by atoms with Crippen LogP contribution in [0.2, 0.25) is 0 Å². The number of rotatable bonds is 3. The molecule has 1 aliphatic rings. The Morgan fingerprint density at radius 1 is 1.16 bits per heavy atom. The first kappa shape index (κ1) is 17.0. The molecule has 6 nitrogen and oxygen atoms in total. The maximum atomic E-state index is 12.2. The van der Waals surface area contributed by atoms with Gasteiger partial charge in [0, 0.05) is 11.3 Å². The number of ether oxygens (including phenoxy) is 2. The topological polar surface area (TPSA) is 71.6 Å². The van der Waals surface area contributed by atoms with Crippen molar-refractivity contribution in [1.82, 2.24) is 10.9 Å². The molecule has 0 fully saturated rings. The summed E-state index contributed by atoms with van der Waals surface area (Å²) in [4.78, 5) is 12.2. The number of hydrogen-bond donors (Lipinski definition) is 3. The third-order valence-corrected chi connectivity index (χ3v) is 4.11. The van der Waals surface area contributed by atoms with Gasteiger partial charge in [-0.15, -0.1) is 0 Å². The highest BCUT2D eigenvalue weighted by Crippen LogP contribution is 2.32. The molecule has 130 valence electrons. The Labute approximate surface area is 151 Å². The van der Waals surface area contributed by atoms with Crippen LogP contribution < -0.4 is 25.6 Å². The Morgan fingerprint density at radius 3 is 2.76 bits per heavy atom. The summed E-state index contributed by atoms with van der Waals surface area (Å²) < 4.78 is 10.5. The molecule has 0 atom stereocenters. The normalized spacial score (nSPS) is 11.8. The number of para-hydroxylation sites is 1. The highest BCUT2D eigenvalue weighted by molar-refractivity contribution is 7.80. The van der Waals surface area contributed by atoms with E-state index in [2.05, 4.69) is 23.1 Å². The Morgan fingerprint density at radius 2 is 1.96 bits per heavy atom. The van der Waals surface area contributed by atoms with Gasteiger partial charge >= 0.3 is 0 Å². The molecular formula is C18H19N3O3S. The Hall–Kier alpha value is -2.80. The first-order valence-electron chi connectivity index (χ1n) is 7.94. The summed E-state index contributed by atoms with van der Waals surface area (Å²) in [6.07, 6.45) is 0.885. The van der Waals surface area contributed by atoms with Crippen molar-refractivity contribution in [3.05, 3.63) is 53.1 Å². The molecule has 7 heteroatoms. The van der Waals surface area contributed by atoms with Crippen LogP contribution >= 0.6 is 12.2 Å². The molecule has 0 aromatic heterocycles. The molecule has 0 bridgehead atoms. The molecule has 0 radical (unpaired) electrons. The van der Waals surface area contributed by atoms with Crippen LogP contribution in [0, 0.1) is 6.92 Å². The smallest absolute Gasteiger partial charge is 0.269 e. The van der Waals surface area contributed by atoms with Crippen molar-refractivity contribution in [1.29, 1.82) is 0 Å². The van der Waals surface area contributed by atoms with Crippen molar-refractivity contribution in [2.75, 3.05) is 12.1 Å². The molecule has 1 heterocycles. The highest BCUT2D eigenvalue weighted by Gasteiger charge is 2.16. The number of thiocarbonyl (C=S) groups is 1. The molecule has 1 aliphatic heterocycles. The van der Waals surface area contributed by atoms with Crippen molar-refractivity contribution in [3.8, 4) is 11.5 Å². The predicted octanol–water partition coefficient (Wildman–Crippen LogP) is 2.92. The second-order valence-corrected chi connectivity index (χ2v) is 5.97. The number of anilines is 1. The number of hydrazine groups is 1. The first-order valence-corrected chi connectivity index (χ1v) is 8.34. The average Bonchev–Trinajstić information content (AvgIpc) is 3.09. The summed E-state index contributed by atoms with van der Waals surface area (Å²) >= 11 is 5.27. The highest BCUT2D eigenvalue weighted by atomic mass is 32.1. The first-order chi connectivity index (χ1) is 12.1. The number of fused-ring (bicyclic) bond motifs is 1. The van der Waals surface area contributed by atoms with Crippen molar-refractivity contribution in [2.45, 2.75) is 20.3 Å². The van der Waals surface area contributed by atoms with Crippen LogP contribution in [0.3, 0.4) is 0 Å². The summed E-state index contributed by atoms with van der Waals surface area (Å²) in [5, 5.41) is 3.46. The zero-order valence-corrected chi connectivity index (χ0v) is 14.8. The second kappa shape index (κ2) is 7.40. The Kier molecular flexibility index (Phi) is 5.04. The zero-order valence-electron chi connectivity index (χ0n) is 14.0. The van der Waals surface area contributed by atoms with E-state index in [4.69, 9.17) is 21.7 Å².